The summed E-state index contributed by atoms with van der Waals surface area (Å²) < 4.78 is 27.3. The van der Waals surface area contributed by atoms with Gasteiger partial charge in [-0.25, -0.2) is 8.42 Å². The van der Waals surface area contributed by atoms with E-state index in [-0.39, 0.29) is 16.8 Å². The number of nitrogens with zero attached hydrogens (tertiary/aromatic N) is 2. The molecule has 1 saturated heterocycles. The van der Waals surface area contributed by atoms with E-state index in [2.05, 4.69) is 10.2 Å². The van der Waals surface area contributed by atoms with E-state index in [1.54, 1.807) is 12.1 Å². The van der Waals surface area contributed by atoms with Gasteiger partial charge in [0.2, 0.25) is 10.0 Å². The van der Waals surface area contributed by atoms with E-state index in [1.165, 1.54) is 10.4 Å². The maximum atomic E-state index is 12.9. The number of carbonyl (C=O) groups excluding carboxylic acids is 1. The number of sulfonamides is 1. The van der Waals surface area contributed by atoms with Crippen molar-refractivity contribution in [2.75, 3.05) is 33.2 Å². The first-order valence-electron chi connectivity index (χ1n) is 8.73. The summed E-state index contributed by atoms with van der Waals surface area (Å²) in [5, 5.41) is 2.95. The average Bonchev–Trinajstić information content (AvgIpc) is 2.55. The summed E-state index contributed by atoms with van der Waals surface area (Å²) in [7, 11) is -1.60. The molecular weight excluding hydrogens is 338 g/mol. The van der Waals surface area contributed by atoms with Gasteiger partial charge >= 0.3 is 0 Å². The molecule has 1 unspecified atom stereocenters. The Kier molecular flexibility index (Phi) is 6.24. The molecule has 0 aliphatic carbocycles. The maximum absolute atomic E-state index is 12.9. The van der Waals surface area contributed by atoms with Gasteiger partial charge in [0, 0.05) is 37.8 Å². The Morgan fingerprint density at radius 3 is 2.28 bits per heavy atom. The highest BCUT2D eigenvalue weighted by molar-refractivity contribution is 7.89. The third kappa shape index (κ3) is 4.59. The van der Waals surface area contributed by atoms with Crippen LogP contribution < -0.4 is 5.32 Å². The summed E-state index contributed by atoms with van der Waals surface area (Å²) in [6.45, 7) is 10.2. The minimum absolute atomic E-state index is 0.0183. The normalized spacial score (nSPS) is 18.3. The number of benzene rings is 1. The van der Waals surface area contributed by atoms with E-state index in [9.17, 15) is 13.2 Å². The van der Waals surface area contributed by atoms with Crippen molar-refractivity contribution in [1.29, 1.82) is 0 Å². The second kappa shape index (κ2) is 7.85. The van der Waals surface area contributed by atoms with E-state index in [4.69, 9.17) is 0 Å². The summed E-state index contributed by atoms with van der Waals surface area (Å²) in [6, 6.07) is 4.82. The molecule has 1 atom stereocenters. The van der Waals surface area contributed by atoms with Crippen molar-refractivity contribution in [3.05, 3.63) is 29.3 Å². The first-order valence-corrected chi connectivity index (χ1v) is 10.2. The van der Waals surface area contributed by atoms with Crippen molar-refractivity contribution in [1.82, 2.24) is 14.5 Å². The Bertz CT molecular complexity index is 723. The van der Waals surface area contributed by atoms with Crippen LogP contribution in [-0.4, -0.2) is 62.8 Å². The van der Waals surface area contributed by atoms with Gasteiger partial charge in [0.15, 0.2) is 0 Å². The summed E-state index contributed by atoms with van der Waals surface area (Å²) in [5.41, 5.74) is 1.19. The van der Waals surface area contributed by atoms with E-state index < -0.39 is 10.0 Å². The SMILES string of the molecule is Cc1ccc(S(=O)(=O)N2CCN(C)CC2)cc1C(=O)NC(C)C(C)C. The molecule has 0 bridgehead atoms. The molecule has 0 radical (unpaired) electrons. The van der Waals surface area contributed by atoms with Crippen LogP contribution in [0.5, 0.6) is 0 Å². The molecule has 0 saturated carbocycles. The zero-order valence-corrected chi connectivity index (χ0v) is 16.6. The van der Waals surface area contributed by atoms with Crippen molar-refractivity contribution in [2.45, 2.75) is 38.6 Å². The molecule has 1 aromatic carbocycles. The second-order valence-corrected chi connectivity index (χ2v) is 9.13. The minimum atomic E-state index is -3.58. The molecule has 0 aromatic heterocycles. The third-order valence-corrected chi connectivity index (χ3v) is 6.81. The average molecular weight is 368 g/mol. The molecule has 1 heterocycles. The second-order valence-electron chi connectivity index (χ2n) is 7.19. The Morgan fingerprint density at radius 1 is 1.12 bits per heavy atom. The standard InChI is InChI=1S/C18H29N3O3S/c1-13(2)15(4)19-18(22)17-12-16(7-6-14(17)3)25(23,24)21-10-8-20(5)9-11-21/h6-7,12-13,15H,8-11H2,1-5H3,(H,19,22). The van der Waals surface area contributed by atoms with Crippen LogP contribution in [0, 0.1) is 12.8 Å². The van der Waals surface area contributed by atoms with Crippen LogP contribution in [0.4, 0.5) is 0 Å². The molecule has 25 heavy (non-hydrogen) atoms. The number of aryl methyl sites for hydroxylation is 1. The van der Waals surface area contributed by atoms with Gasteiger partial charge < -0.3 is 10.2 Å². The highest BCUT2D eigenvalue weighted by Crippen LogP contribution is 2.21. The lowest BCUT2D eigenvalue weighted by Gasteiger charge is -2.31. The lowest BCUT2D eigenvalue weighted by Crippen LogP contribution is -2.47. The van der Waals surface area contributed by atoms with E-state index in [0.717, 1.165) is 5.56 Å². The number of amides is 1. The predicted molar refractivity (Wildman–Crippen MR) is 99.2 cm³/mol. The van der Waals surface area contributed by atoms with Gasteiger partial charge in [0.1, 0.15) is 0 Å². The molecule has 1 aromatic rings. The van der Waals surface area contributed by atoms with Crippen molar-refractivity contribution in [2.24, 2.45) is 5.92 Å². The summed E-state index contributed by atoms with van der Waals surface area (Å²) >= 11 is 0. The maximum Gasteiger partial charge on any atom is 0.251 e. The van der Waals surface area contributed by atoms with Gasteiger partial charge in [-0.15, -0.1) is 0 Å². The largest absolute Gasteiger partial charge is 0.349 e. The van der Waals surface area contributed by atoms with Crippen LogP contribution in [0.2, 0.25) is 0 Å². The van der Waals surface area contributed by atoms with Crippen molar-refractivity contribution in [3.8, 4) is 0 Å². The third-order valence-electron chi connectivity index (χ3n) is 4.91. The van der Waals surface area contributed by atoms with Gasteiger partial charge in [0.25, 0.3) is 5.91 Å². The van der Waals surface area contributed by atoms with E-state index in [0.29, 0.717) is 37.7 Å². The summed E-state index contributed by atoms with van der Waals surface area (Å²) in [5.74, 6) is 0.0793. The molecule has 1 N–H and O–H groups in total. The van der Waals surface area contributed by atoms with E-state index in [1.807, 2.05) is 34.7 Å². The lowest BCUT2D eigenvalue weighted by molar-refractivity contribution is 0.0929. The molecule has 140 valence electrons. The fraction of sp³-hybridized carbons (Fsp3) is 0.611. The minimum Gasteiger partial charge on any atom is -0.349 e. The van der Waals surface area contributed by atoms with Gasteiger partial charge in [-0.3, -0.25) is 4.79 Å². The van der Waals surface area contributed by atoms with Crippen LogP contribution in [-0.2, 0) is 10.0 Å². The highest BCUT2D eigenvalue weighted by Gasteiger charge is 2.28. The molecule has 1 fully saturated rings. The predicted octanol–water partition coefficient (Wildman–Crippen LogP) is 1.71. The summed E-state index contributed by atoms with van der Waals surface area (Å²) in [4.78, 5) is 14.8. The topological polar surface area (TPSA) is 69.7 Å². The van der Waals surface area contributed by atoms with Crippen molar-refractivity contribution >= 4 is 15.9 Å². The molecule has 2 rings (SSSR count). The molecule has 1 aliphatic rings. The fourth-order valence-corrected chi connectivity index (χ4v) is 4.08. The molecule has 6 nitrogen and oxygen atoms in total. The molecule has 7 heteroatoms. The monoisotopic (exact) mass is 367 g/mol. The Morgan fingerprint density at radius 2 is 1.72 bits per heavy atom. The molecule has 1 aliphatic heterocycles. The highest BCUT2D eigenvalue weighted by atomic mass is 32.2. The smallest absolute Gasteiger partial charge is 0.251 e. The van der Waals surface area contributed by atoms with Crippen molar-refractivity contribution in [3.63, 3.8) is 0 Å². The van der Waals surface area contributed by atoms with E-state index >= 15 is 0 Å². The quantitative estimate of drug-likeness (QED) is 0.860. The number of carbonyl (C=O) groups is 1. The zero-order valence-electron chi connectivity index (χ0n) is 15.7. The van der Waals surface area contributed by atoms with Crippen LogP contribution in [0.3, 0.4) is 0 Å². The Balaban J connectivity index is 2.27. The number of likely N-dealkylation sites (N-methyl/N-ethyl adjacent to an activating group) is 1. The number of rotatable bonds is 5. The fourth-order valence-electron chi connectivity index (χ4n) is 2.63. The number of hydrogen-bond acceptors (Lipinski definition) is 4. The van der Waals surface area contributed by atoms with Gasteiger partial charge in [0.05, 0.1) is 4.90 Å². The number of nitrogens with one attached hydrogen (secondary N) is 1. The first-order chi connectivity index (χ1) is 11.6. The number of piperazine rings is 1. The number of hydrogen-bond donors (Lipinski definition) is 1. The summed E-state index contributed by atoms with van der Waals surface area (Å²) in [6.07, 6.45) is 0. The lowest BCUT2D eigenvalue weighted by atomic mass is 10.0. The van der Waals surface area contributed by atoms with Crippen molar-refractivity contribution < 1.29 is 13.2 Å². The van der Waals surface area contributed by atoms with Gasteiger partial charge in [-0.2, -0.15) is 4.31 Å². The van der Waals surface area contributed by atoms with Gasteiger partial charge in [-0.1, -0.05) is 19.9 Å². The molecular formula is C18H29N3O3S. The molecule has 1 amide bonds. The first kappa shape index (κ1) is 19.9. The van der Waals surface area contributed by atoms with Crippen LogP contribution in [0.1, 0.15) is 36.7 Å². The van der Waals surface area contributed by atoms with Crippen LogP contribution in [0.15, 0.2) is 23.1 Å². The molecule has 0 spiro atoms. The van der Waals surface area contributed by atoms with Crippen LogP contribution in [0.25, 0.3) is 0 Å². The zero-order chi connectivity index (χ0) is 18.8. The Hall–Kier alpha value is -1.44. The van der Waals surface area contributed by atoms with Gasteiger partial charge in [-0.05, 0) is 44.5 Å². The van der Waals surface area contributed by atoms with Crippen LogP contribution >= 0.6 is 0 Å². The Labute approximate surface area is 151 Å².